The Kier molecular flexibility index (Phi) is 2.99. The van der Waals surface area contributed by atoms with Gasteiger partial charge >= 0.3 is 0 Å². The van der Waals surface area contributed by atoms with Crippen LogP contribution in [-0.2, 0) is 0 Å². The normalized spacial score (nSPS) is 40.6. The monoisotopic (exact) mass is 245 g/mol. The van der Waals surface area contributed by atoms with Gasteiger partial charge in [-0.15, -0.1) is 0 Å². The molecule has 1 saturated heterocycles. The lowest BCUT2D eigenvalue weighted by Gasteiger charge is -2.23. The van der Waals surface area contributed by atoms with E-state index < -0.39 is 0 Å². The van der Waals surface area contributed by atoms with Gasteiger partial charge < -0.3 is 4.90 Å². The maximum Gasteiger partial charge on any atom is 0.00598 e. The Balaban J connectivity index is 1.93. The van der Waals surface area contributed by atoms with Gasteiger partial charge in [0.05, 0.1) is 0 Å². The van der Waals surface area contributed by atoms with Gasteiger partial charge in [-0.25, -0.2) is 0 Å². The van der Waals surface area contributed by atoms with Crippen molar-refractivity contribution < 1.29 is 0 Å². The fourth-order valence-electron chi connectivity index (χ4n) is 3.13. The second-order valence-electron chi connectivity index (χ2n) is 4.88. The third kappa shape index (κ3) is 1.94. The first-order valence-corrected chi connectivity index (χ1v) is 6.68. The summed E-state index contributed by atoms with van der Waals surface area (Å²) in [6, 6.07) is 0. The highest BCUT2D eigenvalue weighted by molar-refractivity contribution is 9.09. The number of hydrogen-bond donors (Lipinski definition) is 0. The number of likely N-dealkylation sites (tertiary alicyclic amines) is 1. The highest BCUT2D eigenvalue weighted by atomic mass is 79.9. The molecule has 2 fully saturated rings. The second-order valence-corrected chi connectivity index (χ2v) is 5.53. The van der Waals surface area contributed by atoms with Crippen molar-refractivity contribution in [1.82, 2.24) is 4.90 Å². The van der Waals surface area contributed by atoms with Gasteiger partial charge in [0.2, 0.25) is 0 Å². The van der Waals surface area contributed by atoms with Crippen LogP contribution in [0.5, 0.6) is 0 Å². The zero-order valence-corrected chi connectivity index (χ0v) is 10.1. The van der Waals surface area contributed by atoms with Crippen molar-refractivity contribution >= 4 is 15.9 Å². The molecular formula is C11H20BrN. The van der Waals surface area contributed by atoms with Crippen molar-refractivity contribution in [3.63, 3.8) is 0 Å². The smallest absolute Gasteiger partial charge is 0.00598 e. The van der Waals surface area contributed by atoms with Crippen LogP contribution in [0, 0.1) is 11.3 Å². The average molecular weight is 246 g/mol. The average Bonchev–Trinajstić information content (AvgIpc) is 2.74. The summed E-state index contributed by atoms with van der Waals surface area (Å²) in [6.07, 6.45) is 5.89. The summed E-state index contributed by atoms with van der Waals surface area (Å²) in [5.41, 5.74) is 0.731. The molecule has 0 amide bonds. The van der Waals surface area contributed by atoms with E-state index >= 15 is 0 Å². The zero-order chi connectivity index (χ0) is 9.31. The van der Waals surface area contributed by atoms with Gasteiger partial charge in [0.1, 0.15) is 0 Å². The van der Waals surface area contributed by atoms with Gasteiger partial charge in [-0.1, -0.05) is 22.9 Å². The Hall–Kier alpha value is 0.440. The lowest BCUT2D eigenvalue weighted by Crippen LogP contribution is -2.25. The summed E-state index contributed by atoms with van der Waals surface area (Å²) in [5.74, 6) is 0.969. The van der Waals surface area contributed by atoms with E-state index in [2.05, 4.69) is 27.8 Å². The molecule has 2 aliphatic rings. The maximum atomic E-state index is 3.63. The van der Waals surface area contributed by atoms with Crippen molar-refractivity contribution in [2.75, 3.05) is 25.0 Å². The molecule has 2 atom stereocenters. The number of hydrogen-bond acceptors (Lipinski definition) is 1. The molecule has 0 radical (unpaired) electrons. The predicted molar refractivity (Wildman–Crippen MR) is 60.3 cm³/mol. The van der Waals surface area contributed by atoms with Crippen molar-refractivity contribution in [1.29, 1.82) is 0 Å². The molecule has 1 heterocycles. The zero-order valence-electron chi connectivity index (χ0n) is 8.56. The number of alkyl halides is 1. The molecule has 1 nitrogen and oxygen atoms in total. The van der Waals surface area contributed by atoms with E-state index in [9.17, 15) is 0 Å². The summed E-state index contributed by atoms with van der Waals surface area (Å²) in [7, 11) is 0. The molecule has 76 valence electrons. The van der Waals surface area contributed by atoms with Crippen LogP contribution in [0.3, 0.4) is 0 Å². The highest BCUT2D eigenvalue weighted by Crippen LogP contribution is 2.48. The summed E-state index contributed by atoms with van der Waals surface area (Å²) in [6.45, 7) is 6.27. The molecule has 0 aromatic rings. The van der Waals surface area contributed by atoms with E-state index in [1.807, 2.05) is 0 Å². The first-order chi connectivity index (χ1) is 6.28. The minimum absolute atomic E-state index is 0.731. The fraction of sp³-hybridized carbons (Fsp3) is 1.00. The Labute approximate surface area is 90.0 Å². The largest absolute Gasteiger partial charge is 0.303 e. The van der Waals surface area contributed by atoms with E-state index in [1.54, 1.807) is 0 Å². The van der Waals surface area contributed by atoms with Gasteiger partial charge in [-0.05, 0) is 50.1 Å². The van der Waals surface area contributed by atoms with Crippen molar-refractivity contribution in [3.05, 3.63) is 0 Å². The van der Waals surface area contributed by atoms with Crippen LogP contribution < -0.4 is 0 Å². The molecule has 2 rings (SSSR count). The van der Waals surface area contributed by atoms with Crippen molar-refractivity contribution in [3.8, 4) is 0 Å². The summed E-state index contributed by atoms with van der Waals surface area (Å²) in [4.78, 5) is 2.62. The molecule has 1 spiro atoms. The summed E-state index contributed by atoms with van der Waals surface area (Å²) in [5, 5.41) is 1.22. The Morgan fingerprint density at radius 1 is 1.46 bits per heavy atom. The first-order valence-electron chi connectivity index (χ1n) is 5.56. The van der Waals surface area contributed by atoms with E-state index in [1.165, 1.54) is 50.6 Å². The van der Waals surface area contributed by atoms with Crippen LogP contribution in [0.15, 0.2) is 0 Å². The summed E-state index contributed by atoms with van der Waals surface area (Å²) < 4.78 is 0. The summed E-state index contributed by atoms with van der Waals surface area (Å²) >= 11 is 3.63. The first kappa shape index (κ1) is 9.97. The molecule has 0 aromatic carbocycles. The molecule has 1 aliphatic heterocycles. The van der Waals surface area contributed by atoms with Gasteiger partial charge in [-0.2, -0.15) is 0 Å². The third-order valence-corrected chi connectivity index (χ3v) is 4.90. The minimum Gasteiger partial charge on any atom is -0.303 e. The highest BCUT2D eigenvalue weighted by Gasteiger charge is 2.42. The van der Waals surface area contributed by atoms with Crippen LogP contribution in [0.25, 0.3) is 0 Å². The van der Waals surface area contributed by atoms with Crippen LogP contribution >= 0.6 is 15.9 Å². The van der Waals surface area contributed by atoms with Crippen LogP contribution in [0.2, 0.25) is 0 Å². The van der Waals surface area contributed by atoms with Gasteiger partial charge in [0.25, 0.3) is 0 Å². The van der Waals surface area contributed by atoms with Gasteiger partial charge in [-0.3, -0.25) is 0 Å². The maximum absolute atomic E-state index is 3.63. The van der Waals surface area contributed by atoms with E-state index in [0.29, 0.717) is 0 Å². The van der Waals surface area contributed by atoms with E-state index in [4.69, 9.17) is 0 Å². The van der Waals surface area contributed by atoms with Gasteiger partial charge in [0.15, 0.2) is 0 Å². The molecule has 2 heteroatoms. The lowest BCUT2D eigenvalue weighted by atomic mass is 9.85. The quantitative estimate of drug-likeness (QED) is 0.677. The number of rotatable bonds is 2. The Bertz CT molecular complexity index is 161. The standard InChI is InChI=1S/C11H20BrN/c1-2-13-6-5-11(9-13)4-3-10(7-11)8-12/h10H,2-9H2,1H3/t10-,11+/m1/s1. The molecule has 0 unspecified atom stereocenters. The third-order valence-electron chi connectivity index (χ3n) is 3.99. The van der Waals surface area contributed by atoms with E-state index in [-0.39, 0.29) is 0 Å². The topological polar surface area (TPSA) is 3.24 Å². The molecular weight excluding hydrogens is 226 g/mol. The van der Waals surface area contributed by atoms with Crippen molar-refractivity contribution in [2.24, 2.45) is 11.3 Å². The second kappa shape index (κ2) is 3.90. The van der Waals surface area contributed by atoms with Crippen molar-refractivity contribution in [2.45, 2.75) is 32.6 Å². The predicted octanol–water partition coefficient (Wildman–Crippen LogP) is 2.89. The van der Waals surface area contributed by atoms with Gasteiger partial charge in [0, 0.05) is 11.9 Å². The minimum atomic E-state index is 0.731. The number of nitrogens with zero attached hydrogens (tertiary/aromatic N) is 1. The van der Waals surface area contributed by atoms with Crippen LogP contribution in [0.1, 0.15) is 32.6 Å². The SMILES string of the molecule is CCN1CC[C@]2(CC[C@@H](CBr)C2)C1. The van der Waals surface area contributed by atoms with Crippen LogP contribution in [-0.4, -0.2) is 29.9 Å². The molecule has 0 aromatic heterocycles. The number of halogens is 1. The fourth-order valence-corrected chi connectivity index (χ4v) is 3.68. The molecule has 0 N–H and O–H groups in total. The Morgan fingerprint density at radius 3 is 2.85 bits per heavy atom. The van der Waals surface area contributed by atoms with E-state index in [0.717, 1.165) is 11.3 Å². The van der Waals surface area contributed by atoms with Crippen LogP contribution in [0.4, 0.5) is 0 Å². The molecule has 0 bridgehead atoms. The molecule has 1 saturated carbocycles. The molecule has 1 aliphatic carbocycles. The molecule has 13 heavy (non-hydrogen) atoms. The Morgan fingerprint density at radius 2 is 2.31 bits per heavy atom. The lowest BCUT2D eigenvalue weighted by molar-refractivity contribution is 0.263.